The second-order valence-corrected chi connectivity index (χ2v) is 28.8. The summed E-state index contributed by atoms with van der Waals surface area (Å²) in [5.41, 5.74) is 0. The fourth-order valence-electron chi connectivity index (χ4n) is 11.8. The van der Waals surface area contributed by atoms with Crippen molar-refractivity contribution in [3.63, 3.8) is 0 Å². The highest BCUT2D eigenvalue weighted by Crippen LogP contribution is 2.38. The lowest BCUT2D eigenvalue weighted by Crippen LogP contribution is -2.45. The van der Waals surface area contributed by atoms with E-state index >= 15 is 0 Å². The molecule has 0 bridgehead atoms. The molecule has 500 valence electrons. The lowest BCUT2D eigenvalue weighted by molar-refractivity contribution is -0.870. The number of phosphoric acid groups is 1. The summed E-state index contributed by atoms with van der Waals surface area (Å²) in [6.45, 7) is 4.70. The molecule has 0 heterocycles. The van der Waals surface area contributed by atoms with Gasteiger partial charge in [0.15, 0.2) is 0 Å². The van der Waals surface area contributed by atoms with Crippen molar-refractivity contribution in [3.8, 4) is 0 Å². The van der Waals surface area contributed by atoms with E-state index in [1.165, 1.54) is 340 Å². The van der Waals surface area contributed by atoms with Crippen molar-refractivity contribution in [3.05, 3.63) is 24.3 Å². The second kappa shape index (κ2) is 66.4. The van der Waals surface area contributed by atoms with E-state index in [0.29, 0.717) is 17.4 Å². The van der Waals surface area contributed by atoms with E-state index in [1.54, 1.807) is 6.08 Å². The van der Waals surface area contributed by atoms with Crippen LogP contribution in [0.4, 0.5) is 0 Å². The molecule has 0 saturated heterocycles. The van der Waals surface area contributed by atoms with Crippen molar-refractivity contribution in [1.82, 2.24) is 5.32 Å². The molecule has 0 radical (unpaired) electrons. The topological polar surface area (TPSA) is 108 Å². The maximum absolute atomic E-state index is 13.0. The number of rotatable bonds is 71. The molecule has 0 saturated carbocycles. The van der Waals surface area contributed by atoms with Crippen LogP contribution in [-0.2, 0) is 18.4 Å². The summed E-state index contributed by atoms with van der Waals surface area (Å²) in [5, 5.41) is 13.9. The zero-order valence-corrected chi connectivity index (χ0v) is 58.3. The Hall–Kier alpha value is -1.02. The second-order valence-electron chi connectivity index (χ2n) is 27.4. The molecule has 0 aliphatic carbocycles. The number of hydrogen-bond donors (Lipinski definition) is 2. The Morgan fingerprint density at radius 3 is 0.964 bits per heavy atom. The molecule has 1 amide bonds. The summed E-state index contributed by atoms with van der Waals surface area (Å²) in [7, 11) is 1.26. The van der Waals surface area contributed by atoms with Crippen LogP contribution in [0.15, 0.2) is 24.3 Å². The summed E-state index contributed by atoms with van der Waals surface area (Å²) in [4.78, 5) is 25.6. The Balaban J connectivity index is 3.93. The minimum Gasteiger partial charge on any atom is -0.756 e. The minimum atomic E-state index is -4.61. The largest absolute Gasteiger partial charge is 0.756 e. The summed E-state index contributed by atoms with van der Waals surface area (Å²) in [6.07, 6.45) is 87.7. The number of likely N-dealkylation sites (N-methyl/N-ethyl adjacent to an activating group) is 1. The van der Waals surface area contributed by atoms with Gasteiger partial charge in [0.2, 0.25) is 5.91 Å². The number of unbranched alkanes of at least 4 members (excludes halogenated alkanes) is 56. The van der Waals surface area contributed by atoms with Crippen LogP contribution >= 0.6 is 7.82 Å². The number of carbonyl (C=O) groups excluding carboxylic acids is 1. The molecule has 2 N–H and O–H groups in total. The van der Waals surface area contributed by atoms with E-state index in [1.807, 2.05) is 27.2 Å². The van der Waals surface area contributed by atoms with Crippen molar-refractivity contribution in [2.45, 2.75) is 411 Å². The first-order valence-corrected chi connectivity index (χ1v) is 39.2. The SMILES string of the molecule is CCCCCCCCCCCCCCCCCCC/C=C/CC/C=C/C(O)C(COP(=O)([O-])OCC[N+](C)(C)C)NC(=O)CCCCCCCCCCCCCCCCCCCCCCCCCCCCCCCCCCCCCCCCC. The molecule has 0 rings (SSSR count). The first kappa shape index (κ1) is 83.0. The van der Waals surface area contributed by atoms with Gasteiger partial charge in [-0.25, -0.2) is 0 Å². The van der Waals surface area contributed by atoms with Crippen LogP contribution in [0.3, 0.4) is 0 Å². The molecule has 0 fully saturated rings. The summed E-state index contributed by atoms with van der Waals surface area (Å²) in [5.74, 6) is -0.198. The maximum atomic E-state index is 13.0. The van der Waals surface area contributed by atoms with Gasteiger partial charge < -0.3 is 28.8 Å². The van der Waals surface area contributed by atoms with E-state index in [0.717, 1.165) is 38.5 Å². The summed E-state index contributed by atoms with van der Waals surface area (Å²) in [6, 6.07) is -0.902. The molecule has 0 aromatic carbocycles. The predicted molar refractivity (Wildman–Crippen MR) is 367 cm³/mol. The normalized spacial score (nSPS) is 13.7. The number of carbonyl (C=O) groups is 1. The molecular formula is C75H149N2O6P. The lowest BCUT2D eigenvalue weighted by atomic mass is 10.0. The fraction of sp³-hybridized carbons (Fsp3) is 0.933. The van der Waals surface area contributed by atoms with Crippen LogP contribution in [0.25, 0.3) is 0 Å². The number of quaternary nitrogens is 1. The van der Waals surface area contributed by atoms with Crippen LogP contribution in [-0.4, -0.2) is 68.5 Å². The number of phosphoric ester groups is 1. The number of aliphatic hydroxyl groups is 1. The summed E-state index contributed by atoms with van der Waals surface area (Å²) >= 11 is 0. The zero-order valence-electron chi connectivity index (χ0n) is 57.4. The first-order valence-electron chi connectivity index (χ1n) is 37.7. The number of nitrogens with one attached hydrogen (secondary N) is 1. The Morgan fingerprint density at radius 1 is 0.405 bits per heavy atom. The smallest absolute Gasteiger partial charge is 0.268 e. The van der Waals surface area contributed by atoms with Gasteiger partial charge in [0.1, 0.15) is 13.2 Å². The third-order valence-corrected chi connectivity index (χ3v) is 18.6. The van der Waals surface area contributed by atoms with E-state index in [4.69, 9.17) is 9.05 Å². The highest BCUT2D eigenvalue weighted by atomic mass is 31.2. The van der Waals surface area contributed by atoms with Gasteiger partial charge in [-0.1, -0.05) is 385 Å². The van der Waals surface area contributed by atoms with Crippen molar-refractivity contribution < 1.29 is 32.9 Å². The lowest BCUT2D eigenvalue weighted by Gasteiger charge is -2.29. The van der Waals surface area contributed by atoms with Gasteiger partial charge in [-0.2, -0.15) is 0 Å². The minimum absolute atomic E-state index is 0.00340. The van der Waals surface area contributed by atoms with Crippen LogP contribution in [0.2, 0.25) is 0 Å². The number of amides is 1. The number of hydrogen-bond acceptors (Lipinski definition) is 6. The van der Waals surface area contributed by atoms with E-state index in [-0.39, 0.29) is 19.1 Å². The van der Waals surface area contributed by atoms with E-state index in [9.17, 15) is 19.4 Å². The molecule has 3 unspecified atom stereocenters. The maximum Gasteiger partial charge on any atom is 0.268 e. The number of nitrogens with zero attached hydrogens (tertiary/aromatic N) is 1. The molecule has 0 aliphatic heterocycles. The van der Waals surface area contributed by atoms with Gasteiger partial charge in [-0.3, -0.25) is 9.36 Å². The Bertz CT molecular complexity index is 1420. The van der Waals surface area contributed by atoms with Gasteiger partial charge >= 0.3 is 0 Å². The molecule has 0 aromatic heterocycles. The fourth-order valence-corrected chi connectivity index (χ4v) is 12.5. The molecule has 0 spiro atoms. The molecule has 3 atom stereocenters. The van der Waals surface area contributed by atoms with Gasteiger partial charge in [-0.15, -0.1) is 0 Å². The number of allylic oxidation sites excluding steroid dienone is 3. The Labute approximate surface area is 525 Å². The van der Waals surface area contributed by atoms with Crippen molar-refractivity contribution >= 4 is 13.7 Å². The highest BCUT2D eigenvalue weighted by Gasteiger charge is 2.23. The van der Waals surface area contributed by atoms with Crippen LogP contribution < -0.4 is 10.2 Å². The standard InChI is InChI=1S/C75H149N2O6P/c1-6-8-10-12-14-16-18-20-22-24-26-28-30-31-32-33-34-35-36-37-38-39-40-41-42-43-44-45-47-49-51-53-55-57-59-61-63-65-67-69-75(79)76-73(72-83-84(80,81)82-71-70-77(3,4)5)74(78)68-66-64-62-60-58-56-54-52-50-48-46-29-27-25-23-21-19-17-15-13-11-9-7-2/h58,60,66,68,73-74,78H,6-57,59,61-65,67,69-72H2,1-5H3,(H-,76,79,80,81)/b60-58+,68-66+. The predicted octanol–water partition coefficient (Wildman–Crippen LogP) is 23.6. The van der Waals surface area contributed by atoms with Crippen molar-refractivity contribution in [2.75, 3.05) is 40.9 Å². The van der Waals surface area contributed by atoms with Gasteiger partial charge in [0, 0.05) is 6.42 Å². The quantitative estimate of drug-likeness (QED) is 0.0272. The van der Waals surface area contributed by atoms with Gasteiger partial charge in [0.05, 0.1) is 39.9 Å². The number of aliphatic hydroxyl groups excluding tert-OH is 1. The van der Waals surface area contributed by atoms with E-state index < -0.39 is 20.0 Å². The molecule has 0 aromatic rings. The zero-order chi connectivity index (χ0) is 61.2. The molecular weight excluding hydrogens is 1060 g/mol. The molecule has 9 heteroatoms. The first-order chi connectivity index (χ1) is 41.0. The molecule has 8 nitrogen and oxygen atoms in total. The van der Waals surface area contributed by atoms with Crippen LogP contribution in [0.5, 0.6) is 0 Å². The van der Waals surface area contributed by atoms with Crippen LogP contribution in [0.1, 0.15) is 399 Å². The Morgan fingerprint density at radius 2 is 0.667 bits per heavy atom. The summed E-state index contributed by atoms with van der Waals surface area (Å²) < 4.78 is 23.5. The van der Waals surface area contributed by atoms with E-state index in [2.05, 4.69) is 31.3 Å². The third kappa shape index (κ3) is 68.5. The third-order valence-electron chi connectivity index (χ3n) is 17.7. The van der Waals surface area contributed by atoms with Crippen LogP contribution in [0, 0.1) is 0 Å². The average Bonchev–Trinajstić information content (AvgIpc) is 3.56. The highest BCUT2D eigenvalue weighted by molar-refractivity contribution is 7.45. The molecule has 84 heavy (non-hydrogen) atoms. The average molecular weight is 1210 g/mol. The van der Waals surface area contributed by atoms with Crippen molar-refractivity contribution in [1.29, 1.82) is 0 Å². The van der Waals surface area contributed by atoms with Crippen molar-refractivity contribution in [2.24, 2.45) is 0 Å². The Kier molecular flexibility index (Phi) is 65.6. The monoisotopic (exact) mass is 1210 g/mol. The van der Waals surface area contributed by atoms with Gasteiger partial charge in [0.25, 0.3) is 7.82 Å². The molecule has 0 aliphatic rings. The van der Waals surface area contributed by atoms with Gasteiger partial charge in [-0.05, 0) is 32.1 Å².